The number of anilines is 1. The number of ether oxygens (including phenoxy) is 1. The third-order valence-corrected chi connectivity index (χ3v) is 8.96. The summed E-state index contributed by atoms with van der Waals surface area (Å²) in [6.07, 6.45) is 3.74. The first kappa shape index (κ1) is 26.1. The van der Waals surface area contributed by atoms with Crippen molar-refractivity contribution >= 4 is 38.1 Å². The summed E-state index contributed by atoms with van der Waals surface area (Å²) in [6.45, 7) is 2.89. The lowest BCUT2D eigenvalue weighted by Crippen LogP contribution is -2.32. The number of carbonyl (C=O) groups is 2. The van der Waals surface area contributed by atoms with Gasteiger partial charge in [0.25, 0.3) is 0 Å². The molecule has 1 saturated heterocycles. The van der Waals surface area contributed by atoms with Crippen LogP contribution in [0, 0.1) is 0 Å². The Morgan fingerprint density at radius 1 is 1.00 bits per heavy atom. The average molecular weight is 527 g/mol. The SMILES string of the molecule is CCOC(=O)c1c(-c2ccccc2)csc1NCC(=O)c1cccc(S(=O)(=O)N2CCCCCC2)c1. The Balaban J connectivity index is 1.53. The summed E-state index contributed by atoms with van der Waals surface area (Å²) >= 11 is 1.32. The van der Waals surface area contributed by atoms with Gasteiger partial charge in [0.15, 0.2) is 5.78 Å². The van der Waals surface area contributed by atoms with Gasteiger partial charge in [-0.25, -0.2) is 13.2 Å². The summed E-state index contributed by atoms with van der Waals surface area (Å²) in [7, 11) is -3.66. The van der Waals surface area contributed by atoms with Crippen LogP contribution in [0.25, 0.3) is 11.1 Å². The molecule has 9 heteroatoms. The summed E-state index contributed by atoms with van der Waals surface area (Å²) in [5.74, 6) is -0.731. The number of hydrogen-bond acceptors (Lipinski definition) is 7. The molecule has 0 bridgehead atoms. The highest BCUT2D eigenvalue weighted by atomic mass is 32.2. The minimum absolute atomic E-state index is 0.0889. The van der Waals surface area contributed by atoms with Crippen LogP contribution >= 0.6 is 11.3 Å². The van der Waals surface area contributed by atoms with Crippen LogP contribution in [-0.2, 0) is 14.8 Å². The number of benzene rings is 2. The lowest BCUT2D eigenvalue weighted by atomic mass is 10.0. The Labute approximate surface area is 216 Å². The maximum absolute atomic E-state index is 13.2. The summed E-state index contributed by atoms with van der Waals surface area (Å²) in [6, 6.07) is 15.7. The Morgan fingerprint density at radius 2 is 1.72 bits per heavy atom. The zero-order valence-corrected chi connectivity index (χ0v) is 21.9. The average Bonchev–Trinajstić information content (AvgIpc) is 3.12. The third-order valence-electron chi connectivity index (χ3n) is 6.12. The predicted octanol–water partition coefficient (Wildman–Crippen LogP) is 5.45. The quantitative estimate of drug-likeness (QED) is 0.294. The van der Waals surface area contributed by atoms with Gasteiger partial charge in [-0.2, -0.15) is 4.31 Å². The van der Waals surface area contributed by atoms with E-state index in [1.807, 2.05) is 35.7 Å². The summed E-state index contributed by atoms with van der Waals surface area (Å²) in [4.78, 5) is 25.9. The second-order valence-electron chi connectivity index (χ2n) is 8.56. The molecule has 0 aliphatic carbocycles. The fourth-order valence-electron chi connectivity index (χ4n) is 4.25. The van der Waals surface area contributed by atoms with Crippen LogP contribution in [0.3, 0.4) is 0 Å². The monoisotopic (exact) mass is 526 g/mol. The molecule has 1 fully saturated rings. The molecule has 4 rings (SSSR count). The first-order valence-electron chi connectivity index (χ1n) is 12.1. The fourth-order valence-corrected chi connectivity index (χ4v) is 6.77. The number of thiophene rings is 1. The third kappa shape index (κ3) is 5.86. The van der Waals surface area contributed by atoms with E-state index in [0.29, 0.717) is 29.2 Å². The number of sulfonamides is 1. The molecular weight excluding hydrogens is 496 g/mol. The van der Waals surface area contributed by atoms with E-state index in [9.17, 15) is 18.0 Å². The first-order chi connectivity index (χ1) is 17.4. The van der Waals surface area contributed by atoms with Gasteiger partial charge in [0.1, 0.15) is 10.6 Å². The van der Waals surface area contributed by atoms with E-state index < -0.39 is 16.0 Å². The van der Waals surface area contributed by atoms with Gasteiger partial charge in [0, 0.05) is 29.6 Å². The molecule has 0 radical (unpaired) electrons. The highest BCUT2D eigenvalue weighted by Gasteiger charge is 2.26. The normalized spacial score (nSPS) is 14.7. The standard InChI is InChI=1S/C27H30N2O5S2/c1-2-34-27(31)25-23(20-11-6-5-7-12-20)19-35-26(25)28-18-24(30)21-13-10-14-22(17-21)36(32,33)29-15-8-3-4-9-16-29/h5-7,10-14,17,19,28H,2-4,8-9,15-16,18H2,1H3. The van der Waals surface area contributed by atoms with Crippen LogP contribution in [0.15, 0.2) is 64.9 Å². The number of hydrogen-bond donors (Lipinski definition) is 1. The van der Waals surface area contributed by atoms with Crippen LogP contribution in [0.1, 0.15) is 53.3 Å². The first-order valence-corrected chi connectivity index (χ1v) is 14.4. The lowest BCUT2D eigenvalue weighted by molar-refractivity contribution is 0.0528. The van der Waals surface area contributed by atoms with E-state index in [0.717, 1.165) is 36.8 Å². The number of Topliss-reactive ketones (excluding diaryl/α,β-unsaturated/α-hetero) is 1. The Hall–Kier alpha value is -3.01. The van der Waals surface area contributed by atoms with Crippen molar-refractivity contribution in [3.05, 3.63) is 71.1 Å². The molecule has 0 spiro atoms. The molecule has 3 aromatic rings. The molecule has 2 heterocycles. The van der Waals surface area contributed by atoms with Gasteiger partial charge < -0.3 is 10.1 Å². The summed E-state index contributed by atoms with van der Waals surface area (Å²) in [5.41, 5.74) is 2.30. The van der Waals surface area contributed by atoms with Gasteiger partial charge in [-0.05, 0) is 37.5 Å². The largest absolute Gasteiger partial charge is 0.462 e. The smallest absolute Gasteiger partial charge is 0.341 e. The number of rotatable bonds is 9. The highest BCUT2D eigenvalue weighted by Crippen LogP contribution is 2.36. The van der Waals surface area contributed by atoms with Crippen molar-refractivity contribution in [3.63, 3.8) is 0 Å². The molecular formula is C27H30N2O5S2. The van der Waals surface area contributed by atoms with Crippen molar-refractivity contribution in [3.8, 4) is 11.1 Å². The second kappa shape index (κ2) is 11.8. The number of nitrogens with one attached hydrogen (secondary N) is 1. The summed E-state index contributed by atoms with van der Waals surface area (Å²) < 4.78 is 33.1. The molecule has 1 N–H and O–H groups in total. The molecule has 190 valence electrons. The van der Waals surface area contributed by atoms with Crippen LogP contribution in [0.4, 0.5) is 5.00 Å². The number of esters is 1. The van der Waals surface area contributed by atoms with Crippen molar-refractivity contribution in [1.82, 2.24) is 4.31 Å². The van der Waals surface area contributed by atoms with E-state index in [-0.39, 0.29) is 23.8 Å². The molecule has 1 aliphatic rings. The van der Waals surface area contributed by atoms with Crippen molar-refractivity contribution < 1.29 is 22.7 Å². The number of nitrogens with zero attached hydrogens (tertiary/aromatic N) is 1. The zero-order valence-electron chi connectivity index (χ0n) is 20.2. The van der Waals surface area contributed by atoms with Crippen LogP contribution in [0.2, 0.25) is 0 Å². The van der Waals surface area contributed by atoms with Gasteiger partial charge in [0.2, 0.25) is 10.0 Å². The number of ketones is 1. The second-order valence-corrected chi connectivity index (χ2v) is 11.4. The molecule has 0 unspecified atom stereocenters. The van der Waals surface area contributed by atoms with Crippen LogP contribution < -0.4 is 5.32 Å². The molecule has 1 aliphatic heterocycles. The van der Waals surface area contributed by atoms with Gasteiger partial charge in [-0.15, -0.1) is 11.3 Å². The maximum Gasteiger partial charge on any atom is 0.341 e. The topological polar surface area (TPSA) is 92.8 Å². The maximum atomic E-state index is 13.2. The Kier molecular flexibility index (Phi) is 8.56. The highest BCUT2D eigenvalue weighted by molar-refractivity contribution is 7.89. The lowest BCUT2D eigenvalue weighted by Gasteiger charge is -2.20. The number of carbonyl (C=O) groups excluding carboxylic acids is 2. The van der Waals surface area contributed by atoms with Gasteiger partial charge in [0.05, 0.1) is 18.0 Å². The van der Waals surface area contributed by atoms with E-state index in [1.54, 1.807) is 19.1 Å². The molecule has 1 aromatic heterocycles. The van der Waals surface area contributed by atoms with E-state index in [4.69, 9.17) is 4.74 Å². The van der Waals surface area contributed by atoms with Crippen LogP contribution in [0.5, 0.6) is 0 Å². The predicted molar refractivity (Wildman–Crippen MR) is 142 cm³/mol. The van der Waals surface area contributed by atoms with Crippen molar-refractivity contribution in [1.29, 1.82) is 0 Å². The molecule has 7 nitrogen and oxygen atoms in total. The molecule has 0 atom stereocenters. The van der Waals surface area contributed by atoms with Gasteiger partial charge in [-0.3, -0.25) is 4.79 Å². The molecule has 0 saturated carbocycles. The van der Waals surface area contributed by atoms with Crippen molar-refractivity contribution in [2.45, 2.75) is 37.5 Å². The minimum atomic E-state index is -3.66. The Bertz CT molecular complexity index is 1310. The van der Waals surface area contributed by atoms with Crippen molar-refractivity contribution in [2.75, 3.05) is 31.6 Å². The van der Waals surface area contributed by atoms with Crippen molar-refractivity contribution in [2.24, 2.45) is 0 Å². The molecule has 2 aromatic carbocycles. The van der Waals surface area contributed by atoms with Gasteiger partial charge >= 0.3 is 5.97 Å². The van der Waals surface area contributed by atoms with Crippen LogP contribution in [-0.4, -0.2) is 50.7 Å². The molecule has 36 heavy (non-hydrogen) atoms. The van der Waals surface area contributed by atoms with E-state index in [2.05, 4.69) is 5.32 Å². The summed E-state index contributed by atoms with van der Waals surface area (Å²) in [5, 5.41) is 5.48. The van der Waals surface area contributed by atoms with E-state index in [1.165, 1.54) is 27.8 Å². The van der Waals surface area contributed by atoms with E-state index >= 15 is 0 Å². The fraction of sp³-hybridized carbons (Fsp3) is 0.333. The molecule has 0 amide bonds. The zero-order chi connectivity index (χ0) is 25.5. The van der Waals surface area contributed by atoms with Gasteiger partial charge in [-0.1, -0.05) is 55.3 Å². The Morgan fingerprint density at radius 3 is 2.42 bits per heavy atom. The minimum Gasteiger partial charge on any atom is -0.462 e.